The maximum Gasteiger partial charge on any atom is 0.321 e. The first kappa shape index (κ1) is 22.7. The molecular formula is C26H17N3O4S. The number of rotatable bonds is 7. The van der Waals surface area contributed by atoms with E-state index in [9.17, 15) is 20.2 Å². The molecule has 1 aromatic heterocycles. The Labute approximate surface area is 199 Å². The lowest BCUT2D eigenvalue weighted by molar-refractivity contribution is -0.384. The van der Waals surface area contributed by atoms with Gasteiger partial charge in [0.15, 0.2) is 0 Å². The zero-order valence-electron chi connectivity index (χ0n) is 17.8. The molecule has 4 aromatic rings. The van der Waals surface area contributed by atoms with E-state index < -0.39 is 10.9 Å². The van der Waals surface area contributed by atoms with Crippen LogP contribution in [0.3, 0.4) is 0 Å². The van der Waals surface area contributed by atoms with Gasteiger partial charge in [-0.3, -0.25) is 14.9 Å². The molecular weight excluding hydrogens is 450 g/mol. The first-order chi connectivity index (χ1) is 16.5. The van der Waals surface area contributed by atoms with Crippen LogP contribution in [0, 0.1) is 21.4 Å². The molecule has 0 fully saturated rings. The molecule has 0 bridgehead atoms. The van der Waals surface area contributed by atoms with Crippen molar-refractivity contribution in [2.24, 2.45) is 0 Å². The van der Waals surface area contributed by atoms with E-state index in [0.29, 0.717) is 16.3 Å². The van der Waals surface area contributed by atoms with Crippen LogP contribution < -0.4 is 4.74 Å². The average Bonchev–Trinajstić information content (AvgIpc) is 2.88. The summed E-state index contributed by atoms with van der Waals surface area (Å²) in [6.45, 7) is 0. The monoisotopic (exact) mass is 467 g/mol. The van der Waals surface area contributed by atoms with Crippen molar-refractivity contribution in [1.29, 1.82) is 5.26 Å². The van der Waals surface area contributed by atoms with E-state index in [0.717, 1.165) is 28.5 Å². The van der Waals surface area contributed by atoms with Crippen molar-refractivity contribution in [2.45, 2.75) is 5.03 Å². The van der Waals surface area contributed by atoms with Gasteiger partial charge in [-0.15, -0.1) is 0 Å². The lowest BCUT2D eigenvalue weighted by Gasteiger charge is -2.12. The highest BCUT2D eigenvalue weighted by Crippen LogP contribution is 2.34. The number of hydrogen-bond acceptors (Lipinski definition) is 7. The minimum absolute atomic E-state index is 0.0921. The summed E-state index contributed by atoms with van der Waals surface area (Å²) in [6, 6.07) is 28.5. The van der Waals surface area contributed by atoms with Crippen LogP contribution in [-0.2, 0) is 4.79 Å². The Hall–Kier alpha value is -4.48. The molecule has 3 aromatic carbocycles. The SMILES string of the molecule is N#Cc1c(-c2ccccc2)cc(-c2ccccc2)nc1SCC(=O)Oc1ccc([N+](=O)[O-])cc1. The first-order valence-electron chi connectivity index (χ1n) is 10.2. The fraction of sp³-hybridized carbons (Fsp3) is 0.0385. The number of esters is 1. The van der Waals surface area contributed by atoms with Crippen LogP contribution in [0.5, 0.6) is 5.75 Å². The van der Waals surface area contributed by atoms with Gasteiger partial charge in [0.1, 0.15) is 16.8 Å². The molecule has 34 heavy (non-hydrogen) atoms. The molecule has 166 valence electrons. The lowest BCUT2D eigenvalue weighted by Crippen LogP contribution is -2.11. The number of nitro groups is 1. The minimum Gasteiger partial charge on any atom is -0.426 e. The van der Waals surface area contributed by atoms with Gasteiger partial charge in [-0.25, -0.2) is 4.98 Å². The molecule has 0 saturated heterocycles. The van der Waals surface area contributed by atoms with Gasteiger partial charge < -0.3 is 4.74 Å². The van der Waals surface area contributed by atoms with Crippen LogP contribution in [-0.4, -0.2) is 21.6 Å². The van der Waals surface area contributed by atoms with Crippen molar-refractivity contribution in [3.63, 3.8) is 0 Å². The molecule has 0 atom stereocenters. The fourth-order valence-electron chi connectivity index (χ4n) is 3.26. The molecule has 0 amide bonds. The number of nitriles is 1. The predicted molar refractivity (Wildman–Crippen MR) is 129 cm³/mol. The Balaban J connectivity index is 1.62. The maximum absolute atomic E-state index is 12.4. The second kappa shape index (κ2) is 10.4. The quantitative estimate of drug-likeness (QED) is 0.110. The summed E-state index contributed by atoms with van der Waals surface area (Å²) in [6.07, 6.45) is 0. The number of pyridine rings is 1. The number of ether oxygens (including phenoxy) is 1. The number of thioether (sulfide) groups is 1. The predicted octanol–water partition coefficient (Wildman–Crippen LogP) is 5.89. The third-order valence-electron chi connectivity index (χ3n) is 4.86. The average molecular weight is 468 g/mol. The van der Waals surface area contributed by atoms with Crippen molar-refractivity contribution < 1.29 is 14.5 Å². The van der Waals surface area contributed by atoms with Crippen molar-refractivity contribution in [3.8, 4) is 34.2 Å². The highest BCUT2D eigenvalue weighted by molar-refractivity contribution is 7.99. The van der Waals surface area contributed by atoms with E-state index in [1.54, 1.807) is 0 Å². The Morgan fingerprint density at radius 2 is 1.59 bits per heavy atom. The van der Waals surface area contributed by atoms with Crippen LogP contribution >= 0.6 is 11.8 Å². The van der Waals surface area contributed by atoms with E-state index in [1.165, 1.54) is 24.3 Å². The normalized spacial score (nSPS) is 10.3. The molecule has 0 aliphatic carbocycles. The van der Waals surface area contributed by atoms with Crippen LogP contribution in [0.1, 0.15) is 5.56 Å². The van der Waals surface area contributed by atoms with Gasteiger partial charge in [0.2, 0.25) is 0 Å². The third kappa shape index (κ3) is 5.28. The van der Waals surface area contributed by atoms with Crippen LogP contribution in [0.2, 0.25) is 0 Å². The van der Waals surface area contributed by atoms with Crippen molar-refractivity contribution in [1.82, 2.24) is 4.98 Å². The summed E-state index contributed by atoms with van der Waals surface area (Å²) in [5.41, 5.74) is 3.45. The molecule has 0 spiro atoms. The number of non-ortho nitro benzene ring substituents is 1. The molecule has 0 aliphatic heterocycles. The van der Waals surface area contributed by atoms with E-state index in [2.05, 4.69) is 11.1 Å². The van der Waals surface area contributed by atoms with Crippen molar-refractivity contribution >= 4 is 23.4 Å². The van der Waals surface area contributed by atoms with Crippen LogP contribution in [0.15, 0.2) is 96.0 Å². The summed E-state index contributed by atoms with van der Waals surface area (Å²) in [5, 5.41) is 21.1. The van der Waals surface area contributed by atoms with Gasteiger partial charge >= 0.3 is 5.97 Å². The second-order valence-corrected chi connectivity index (χ2v) is 8.06. The van der Waals surface area contributed by atoms with Crippen molar-refractivity contribution in [2.75, 3.05) is 5.75 Å². The van der Waals surface area contributed by atoms with Crippen LogP contribution in [0.25, 0.3) is 22.4 Å². The Kier molecular flexibility index (Phi) is 6.96. The second-order valence-electron chi connectivity index (χ2n) is 7.09. The molecule has 0 saturated carbocycles. The van der Waals surface area contributed by atoms with Gasteiger partial charge in [0.05, 0.1) is 21.9 Å². The van der Waals surface area contributed by atoms with Crippen LogP contribution in [0.4, 0.5) is 5.69 Å². The Morgan fingerprint density at radius 3 is 2.18 bits per heavy atom. The number of carbonyl (C=O) groups is 1. The molecule has 8 heteroatoms. The molecule has 0 radical (unpaired) electrons. The van der Waals surface area contributed by atoms with Gasteiger partial charge in [-0.2, -0.15) is 5.26 Å². The molecule has 4 rings (SSSR count). The number of carbonyl (C=O) groups excluding carboxylic acids is 1. The fourth-order valence-corrected chi connectivity index (χ4v) is 4.04. The Morgan fingerprint density at radius 1 is 0.971 bits per heavy atom. The third-order valence-corrected chi connectivity index (χ3v) is 5.81. The number of hydrogen-bond donors (Lipinski definition) is 0. The zero-order valence-corrected chi connectivity index (χ0v) is 18.6. The summed E-state index contributed by atoms with van der Waals surface area (Å²) in [7, 11) is 0. The topological polar surface area (TPSA) is 106 Å². The number of nitrogens with zero attached hydrogens (tertiary/aromatic N) is 3. The standard InChI is InChI=1S/C26H17N3O4S/c27-16-23-22(18-7-3-1-4-8-18)15-24(19-9-5-2-6-10-19)28-26(23)34-17-25(30)33-21-13-11-20(12-14-21)29(31)32/h1-15H,17H2. The van der Waals surface area contributed by atoms with Gasteiger partial charge in [-0.1, -0.05) is 72.4 Å². The maximum atomic E-state index is 12.4. The largest absolute Gasteiger partial charge is 0.426 e. The number of benzene rings is 3. The van der Waals surface area contributed by atoms with E-state index in [-0.39, 0.29) is 17.2 Å². The zero-order chi connectivity index (χ0) is 23.9. The van der Waals surface area contributed by atoms with Gasteiger partial charge in [0, 0.05) is 23.3 Å². The number of nitro benzene ring substituents is 1. The smallest absolute Gasteiger partial charge is 0.321 e. The highest BCUT2D eigenvalue weighted by Gasteiger charge is 2.17. The minimum atomic E-state index is -0.559. The lowest BCUT2D eigenvalue weighted by atomic mass is 9.99. The molecule has 7 nitrogen and oxygen atoms in total. The summed E-state index contributed by atoms with van der Waals surface area (Å²) in [4.78, 5) is 27.3. The van der Waals surface area contributed by atoms with Crippen molar-refractivity contribution in [3.05, 3.63) is 107 Å². The summed E-state index contributed by atoms with van der Waals surface area (Å²) in [5.74, 6) is -0.450. The first-order valence-corrected chi connectivity index (χ1v) is 11.2. The van der Waals surface area contributed by atoms with Gasteiger partial charge in [0.25, 0.3) is 5.69 Å². The summed E-state index contributed by atoms with van der Waals surface area (Å²) >= 11 is 1.11. The summed E-state index contributed by atoms with van der Waals surface area (Å²) < 4.78 is 5.28. The number of aromatic nitrogens is 1. The molecule has 0 unspecified atom stereocenters. The van der Waals surface area contributed by atoms with E-state index >= 15 is 0 Å². The molecule has 1 heterocycles. The molecule has 0 aliphatic rings. The molecule has 0 N–H and O–H groups in total. The Bertz CT molecular complexity index is 1370. The van der Waals surface area contributed by atoms with E-state index in [1.807, 2.05) is 66.7 Å². The highest BCUT2D eigenvalue weighted by atomic mass is 32.2. The van der Waals surface area contributed by atoms with Gasteiger partial charge in [-0.05, 0) is 23.8 Å². The van der Waals surface area contributed by atoms with E-state index in [4.69, 9.17) is 4.74 Å².